The Balaban J connectivity index is 1.54. The maximum Gasteiger partial charge on any atom is 0.253 e. The lowest BCUT2D eigenvalue weighted by molar-refractivity contribution is 0.0953. The SMILES string of the molecule is CCCCn1c(-c2csc(-c3ccccc3)n2)cc(C(=O)NCCC2=CCCCC2)c1C. The number of nitrogens with one attached hydrogen (secondary N) is 1. The lowest BCUT2D eigenvalue weighted by Crippen LogP contribution is -2.25. The van der Waals surface area contributed by atoms with Crippen LogP contribution in [0.1, 0.15) is 67.9 Å². The molecule has 0 spiro atoms. The highest BCUT2D eigenvalue weighted by atomic mass is 32.1. The first-order chi connectivity index (χ1) is 15.7. The van der Waals surface area contributed by atoms with Gasteiger partial charge in [-0.1, -0.05) is 55.3 Å². The highest BCUT2D eigenvalue weighted by molar-refractivity contribution is 7.13. The minimum absolute atomic E-state index is 0.0221. The summed E-state index contributed by atoms with van der Waals surface area (Å²) in [5.74, 6) is 0.0221. The Morgan fingerprint density at radius 2 is 2.06 bits per heavy atom. The van der Waals surface area contributed by atoms with E-state index in [2.05, 4.69) is 47.3 Å². The number of thiazole rings is 1. The Morgan fingerprint density at radius 3 is 2.81 bits per heavy atom. The number of amides is 1. The monoisotopic (exact) mass is 447 g/mol. The van der Waals surface area contributed by atoms with E-state index in [0.29, 0.717) is 6.54 Å². The van der Waals surface area contributed by atoms with Gasteiger partial charge >= 0.3 is 0 Å². The molecule has 0 saturated heterocycles. The summed E-state index contributed by atoms with van der Waals surface area (Å²) in [7, 11) is 0. The van der Waals surface area contributed by atoms with E-state index in [-0.39, 0.29) is 5.91 Å². The fourth-order valence-electron chi connectivity index (χ4n) is 4.36. The van der Waals surface area contributed by atoms with Crippen LogP contribution in [-0.4, -0.2) is 22.0 Å². The van der Waals surface area contributed by atoms with Gasteiger partial charge in [-0.15, -0.1) is 11.3 Å². The molecule has 0 atom stereocenters. The van der Waals surface area contributed by atoms with E-state index in [0.717, 1.165) is 59.0 Å². The average molecular weight is 448 g/mol. The Kier molecular flexibility index (Phi) is 7.59. The third-order valence-corrected chi connectivity index (χ3v) is 7.14. The zero-order valence-electron chi connectivity index (χ0n) is 19.2. The summed E-state index contributed by atoms with van der Waals surface area (Å²) in [5.41, 5.74) is 6.39. The van der Waals surface area contributed by atoms with E-state index in [9.17, 15) is 4.79 Å². The molecule has 3 aromatic rings. The lowest BCUT2D eigenvalue weighted by Gasteiger charge is -2.13. The predicted octanol–water partition coefficient (Wildman–Crippen LogP) is 7.01. The number of hydrogen-bond acceptors (Lipinski definition) is 3. The standard InChI is InChI=1S/C27H33N3OS/c1-3-4-17-30-20(2)23(26(31)28-16-15-21-11-7-5-8-12-21)18-25(30)24-19-32-27(29-24)22-13-9-6-10-14-22/h6,9-11,13-14,18-19H,3-5,7-8,12,15-17H2,1-2H3,(H,28,31). The molecule has 0 bridgehead atoms. The molecule has 2 aromatic heterocycles. The van der Waals surface area contributed by atoms with E-state index in [1.54, 1.807) is 11.3 Å². The first-order valence-corrected chi connectivity index (χ1v) is 12.7. The van der Waals surface area contributed by atoms with Crippen molar-refractivity contribution in [1.29, 1.82) is 0 Å². The van der Waals surface area contributed by atoms with Gasteiger partial charge in [0, 0.05) is 29.7 Å². The molecule has 168 valence electrons. The summed E-state index contributed by atoms with van der Waals surface area (Å²) < 4.78 is 2.27. The third-order valence-electron chi connectivity index (χ3n) is 6.25. The Morgan fingerprint density at radius 1 is 1.22 bits per heavy atom. The third kappa shape index (κ3) is 5.21. The molecular formula is C27H33N3OS. The van der Waals surface area contributed by atoms with Crippen LogP contribution in [0.25, 0.3) is 22.0 Å². The van der Waals surface area contributed by atoms with Crippen molar-refractivity contribution in [2.75, 3.05) is 6.54 Å². The van der Waals surface area contributed by atoms with Crippen LogP contribution in [0.3, 0.4) is 0 Å². The van der Waals surface area contributed by atoms with E-state index in [1.165, 1.54) is 31.3 Å². The lowest BCUT2D eigenvalue weighted by atomic mass is 9.97. The second kappa shape index (κ2) is 10.8. The van der Waals surface area contributed by atoms with E-state index >= 15 is 0 Å². The maximum absolute atomic E-state index is 13.0. The van der Waals surface area contributed by atoms with Crippen molar-refractivity contribution in [3.05, 3.63) is 64.7 Å². The minimum atomic E-state index is 0.0221. The van der Waals surface area contributed by atoms with Gasteiger partial charge in [0.25, 0.3) is 5.91 Å². The summed E-state index contributed by atoms with van der Waals surface area (Å²) in [5, 5.41) is 6.27. The van der Waals surface area contributed by atoms with Gasteiger partial charge in [-0.05, 0) is 51.5 Å². The Bertz CT molecular complexity index is 1080. The number of hydrogen-bond donors (Lipinski definition) is 1. The van der Waals surface area contributed by atoms with Crippen LogP contribution in [0.2, 0.25) is 0 Å². The van der Waals surface area contributed by atoms with Crippen molar-refractivity contribution < 1.29 is 4.79 Å². The summed E-state index contributed by atoms with van der Waals surface area (Å²) in [6, 6.07) is 12.3. The van der Waals surface area contributed by atoms with Crippen molar-refractivity contribution >= 4 is 17.2 Å². The molecular weight excluding hydrogens is 414 g/mol. The first-order valence-electron chi connectivity index (χ1n) is 11.8. The molecule has 1 N–H and O–H groups in total. The quantitative estimate of drug-likeness (QED) is 0.359. The fourth-order valence-corrected chi connectivity index (χ4v) is 5.18. The zero-order chi connectivity index (χ0) is 22.3. The number of rotatable bonds is 9. The molecule has 4 nitrogen and oxygen atoms in total. The van der Waals surface area contributed by atoms with Gasteiger partial charge in [-0.3, -0.25) is 4.79 Å². The highest BCUT2D eigenvalue weighted by Gasteiger charge is 2.20. The van der Waals surface area contributed by atoms with Crippen LogP contribution in [0, 0.1) is 6.92 Å². The molecule has 1 aromatic carbocycles. The van der Waals surface area contributed by atoms with Gasteiger partial charge in [-0.25, -0.2) is 4.98 Å². The molecule has 32 heavy (non-hydrogen) atoms. The van der Waals surface area contributed by atoms with Gasteiger partial charge in [0.05, 0.1) is 17.0 Å². The first kappa shape index (κ1) is 22.5. The van der Waals surface area contributed by atoms with E-state index in [4.69, 9.17) is 4.98 Å². The van der Waals surface area contributed by atoms with Crippen LogP contribution in [0.15, 0.2) is 53.4 Å². The van der Waals surface area contributed by atoms with Crippen molar-refractivity contribution in [3.63, 3.8) is 0 Å². The van der Waals surface area contributed by atoms with E-state index < -0.39 is 0 Å². The van der Waals surface area contributed by atoms with Gasteiger partial charge in [-0.2, -0.15) is 0 Å². The molecule has 0 unspecified atom stereocenters. The van der Waals surface area contributed by atoms with Crippen molar-refractivity contribution in [3.8, 4) is 22.0 Å². The highest BCUT2D eigenvalue weighted by Crippen LogP contribution is 2.31. The van der Waals surface area contributed by atoms with Crippen molar-refractivity contribution in [1.82, 2.24) is 14.9 Å². The summed E-state index contributed by atoms with van der Waals surface area (Å²) in [6.07, 6.45) is 10.4. The molecule has 0 aliphatic heterocycles. The molecule has 5 heteroatoms. The van der Waals surface area contributed by atoms with Gasteiger partial charge in [0.1, 0.15) is 5.01 Å². The van der Waals surface area contributed by atoms with Crippen molar-refractivity contribution in [2.24, 2.45) is 0 Å². The number of carbonyl (C=O) groups is 1. The van der Waals surface area contributed by atoms with Crippen LogP contribution >= 0.6 is 11.3 Å². The maximum atomic E-state index is 13.0. The van der Waals surface area contributed by atoms with Gasteiger partial charge in [0.2, 0.25) is 0 Å². The predicted molar refractivity (Wildman–Crippen MR) is 134 cm³/mol. The molecule has 1 aliphatic rings. The largest absolute Gasteiger partial charge is 0.352 e. The number of aromatic nitrogens is 2. The molecule has 0 radical (unpaired) electrons. The van der Waals surface area contributed by atoms with Crippen LogP contribution in [0.5, 0.6) is 0 Å². The van der Waals surface area contributed by atoms with Crippen LogP contribution in [-0.2, 0) is 6.54 Å². The number of carbonyl (C=O) groups excluding carboxylic acids is 1. The van der Waals surface area contributed by atoms with Crippen molar-refractivity contribution in [2.45, 2.75) is 65.3 Å². The topological polar surface area (TPSA) is 46.9 Å². The molecule has 1 amide bonds. The molecule has 2 heterocycles. The number of unbranched alkanes of at least 4 members (excludes halogenated alkanes) is 1. The second-order valence-corrected chi connectivity index (χ2v) is 9.41. The molecule has 0 fully saturated rings. The van der Waals surface area contributed by atoms with Gasteiger partial charge < -0.3 is 9.88 Å². The van der Waals surface area contributed by atoms with Crippen LogP contribution < -0.4 is 5.32 Å². The minimum Gasteiger partial charge on any atom is -0.352 e. The Labute approximate surface area is 195 Å². The molecule has 1 aliphatic carbocycles. The number of benzene rings is 1. The summed E-state index contributed by atoms with van der Waals surface area (Å²) >= 11 is 1.65. The number of nitrogens with zero attached hydrogens (tertiary/aromatic N) is 2. The zero-order valence-corrected chi connectivity index (χ0v) is 20.0. The average Bonchev–Trinajstić information content (AvgIpc) is 3.44. The van der Waals surface area contributed by atoms with Gasteiger partial charge in [0.15, 0.2) is 0 Å². The fraction of sp³-hybridized carbons (Fsp3) is 0.407. The second-order valence-electron chi connectivity index (χ2n) is 8.55. The summed E-state index contributed by atoms with van der Waals surface area (Å²) in [4.78, 5) is 18.0. The Hall–Kier alpha value is -2.66. The van der Waals surface area contributed by atoms with E-state index in [1.807, 2.05) is 24.3 Å². The molecule has 4 rings (SSSR count). The molecule has 0 saturated carbocycles. The summed E-state index contributed by atoms with van der Waals surface area (Å²) in [6.45, 7) is 5.86. The normalized spacial score (nSPS) is 13.8. The smallest absolute Gasteiger partial charge is 0.253 e. The van der Waals surface area contributed by atoms with Crippen LogP contribution in [0.4, 0.5) is 0 Å². The number of allylic oxidation sites excluding steroid dienone is 1.